The Morgan fingerprint density at radius 1 is 1.18 bits per heavy atom. The number of alkyl halides is 5. The zero-order chi connectivity index (χ0) is 13.3. The molecular weight excluding hydrogens is 241 g/mol. The molecule has 0 spiro atoms. The van der Waals surface area contributed by atoms with Gasteiger partial charge in [0.05, 0.1) is 11.6 Å². The van der Waals surface area contributed by atoms with Gasteiger partial charge < -0.3 is 5.73 Å². The maximum Gasteiger partial charge on any atom is 0.416 e. The minimum atomic E-state index is -4.53. The third kappa shape index (κ3) is 3.66. The van der Waals surface area contributed by atoms with E-state index in [4.69, 9.17) is 5.73 Å². The van der Waals surface area contributed by atoms with Gasteiger partial charge in [-0.3, -0.25) is 0 Å². The minimum absolute atomic E-state index is 0.0814. The number of rotatable bonds is 3. The molecule has 96 valence electrons. The molecule has 1 aromatic carbocycles. The third-order valence-electron chi connectivity index (χ3n) is 2.36. The van der Waals surface area contributed by atoms with Crippen LogP contribution in [-0.4, -0.2) is 12.0 Å². The maximum absolute atomic E-state index is 13.3. The van der Waals surface area contributed by atoms with Crippen molar-refractivity contribution in [3.8, 4) is 0 Å². The molecular formula is C11H12F5N. The van der Waals surface area contributed by atoms with Crippen LogP contribution in [0.15, 0.2) is 24.3 Å². The monoisotopic (exact) mass is 253 g/mol. The fourth-order valence-electron chi connectivity index (χ4n) is 1.29. The second-order valence-corrected chi connectivity index (χ2v) is 3.92. The number of nitrogens with two attached hydrogens (primary N) is 1. The highest BCUT2D eigenvalue weighted by molar-refractivity contribution is 5.26. The lowest BCUT2D eigenvalue weighted by Gasteiger charge is -2.20. The molecule has 17 heavy (non-hydrogen) atoms. The van der Waals surface area contributed by atoms with Crippen molar-refractivity contribution in [2.75, 3.05) is 0 Å². The lowest BCUT2D eigenvalue weighted by Crippen LogP contribution is -2.40. The van der Waals surface area contributed by atoms with Crippen LogP contribution >= 0.6 is 0 Å². The highest BCUT2D eigenvalue weighted by Crippen LogP contribution is 2.31. The Labute approximate surface area is 95.4 Å². The van der Waals surface area contributed by atoms with E-state index < -0.39 is 30.1 Å². The molecule has 1 unspecified atom stereocenters. The lowest BCUT2D eigenvalue weighted by atomic mass is 10.0. The summed E-state index contributed by atoms with van der Waals surface area (Å²) in [5.74, 6) is -3.22. The van der Waals surface area contributed by atoms with Gasteiger partial charge in [0, 0.05) is 6.42 Å². The molecule has 1 atom stereocenters. The minimum Gasteiger partial charge on any atom is -0.323 e. The van der Waals surface area contributed by atoms with E-state index in [0.29, 0.717) is 0 Å². The Morgan fingerprint density at radius 3 is 2.24 bits per heavy atom. The van der Waals surface area contributed by atoms with Crippen molar-refractivity contribution < 1.29 is 22.0 Å². The largest absolute Gasteiger partial charge is 0.416 e. The van der Waals surface area contributed by atoms with Crippen LogP contribution in [0.25, 0.3) is 0 Å². The summed E-state index contributed by atoms with van der Waals surface area (Å²) in [6.45, 7) is 1.12. The number of hydrogen-bond donors (Lipinski definition) is 1. The highest BCUT2D eigenvalue weighted by atomic mass is 19.4. The summed E-state index contributed by atoms with van der Waals surface area (Å²) in [5.41, 5.74) is 4.05. The Kier molecular flexibility index (Phi) is 3.76. The van der Waals surface area contributed by atoms with Crippen molar-refractivity contribution >= 4 is 0 Å². The summed E-state index contributed by atoms with van der Waals surface area (Å²) in [6.07, 6.45) is -5.33. The maximum atomic E-state index is 13.3. The molecule has 6 heteroatoms. The van der Waals surface area contributed by atoms with Crippen molar-refractivity contribution in [1.82, 2.24) is 0 Å². The average molecular weight is 253 g/mol. The Balaban J connectivity index is 2.94. The van der Waals surface area contributed by atoms with Crippen LogP contribution < -0.4 is 5.73 Å². The van der Waals surface area contributed by atoms with E-state index in [1.807, 2.05) is 0 Å². The molecule has 0 amide bonds. The fraction of sp³-hybridized carbons (Fsp3) is 0.455. The first-order valence-electron chi connectivity index (χ1n) is 4.92. The van der Waals surface area contributed by atoms with Gasteiger partial charge in [0.1, 0.15) is 0 Å². The molecule has 0 heterocycles. The molecule has 0 saturated carbocycles. The van der Waals surface area contributed by atoms with Gasteiger partial charge in [0.25, 0.3) is 5.92 Å². The normalized spacial score (nSPS) is 14.8. The molecule has 0 aliphatic rings. The van der Waals surface area contributed by atoms with Gasteiger partial charge in [0.2, 0.25) is 0 Å². The van der Waals surface area contributed by atoms with Crippen molar-refractivity contribution in [3.63, 3.8) is 0 Å². The number of halogens is 5. The molecule has 1 aromatic rings. The molecule has 0 fully saturated rings. The molecule has 0 saturated heterocycles. The zero-order valence-corrected chi connectivity index (χ0v) is 9.06. The molecule has 2 N–H and O–H groups in total. The van der Waals surface area contributed by atoms with Gasteiger partial charge in [-0.2, -0.15) is 13.2 Å². The van der Waals surface area contributed by atoms with Crippen LogP contribution in [0, 0.1) is 0 Å². The highest BCUT2D eigenvalue weighted by Gasteiger charge is 2.35. The molecule has 1 nitrogen and oxygen atoms in total. The van der Waals surface area contributed by atoms with E-state index in [9.17, 15) is 22.0 Å². The van der Waals surface area contributed by atoms with Gasteiger partial charge >= 0.3 is 6.18 Å². The molecule has 0 radical (unpaired) electrons. The molecule has 1 rings (SSSR count). The zero-order valence-electron chi connectivity index (χ0n) is 9.06. The SMILES string of the molecule is CC(N)C(F)(F)Cc1cccc(C(F)(F)F)c1. The van der Waals surface area contributed by atoms with Gasteiger partial charge in [-0.15, -0.1) is 0 Å². The average Bonchev–Trinajstić information content (AvgIpc) is 2.15. The third-order valence-corrected chi connectivity index (χ3v) is 2.36. The van der Waals surface area contributed by atoms with Crippen LogP contribution in [0.2, 0.25) is 0 Å². The molecule has 0 aromatic heterocycles. The Hall–Kier alpha value is -1.17. The van der Waals surface area contributed by atoms with Gasteiger partial charge in [-0.05, 0) is 18.6 Å². The summed E-state index contributed by atoms with van der Waals surface area (Å²) < 4.78 is 63.5. The fourth-order valence-corrected chi connectivity index (χ4v) is 1.29. The molecule has 0 bridgehead atoms. The number of hydrogen-bond acceptors (Lipinski definition) is 1. The van der Waals surface area contributed by atoms with Gasteiger partial charge in [-0.1, -0.05) is 18.2 Å². The van der Waals surface area contributed by atoms with Gasteiger partial charge in [-0.25, -0.2) is 8.78 Å². The quantitative estimate of drug-likeness (QED) is 0.822. The Morgan fingerprint density at radius 2 is 1.76 bits per heavy atom. The van der Waals surface area contributed by atoms with Crippen LogP contribution in [0.4, 0.5) is 22.0 Å². The lowest BCUT2D eigenvalue weighted by molar-refractivity contribution is -0.137. The smallest absolute Gasteiger partial charge is 0.323 e. The summed E-state index contributed by atoms with van der Waals surface area (Å²) in [7, 11) is 0. The van der Waals surface area contributed by atoms with E-state index in [0.717, 1.165) is 25.1 Å². The number of benzene rings is 1. The van der Waals surface area contributed by atoms with E-state index >= 15 is 0 Å². The van der Waals surface area contributed by atoms with Crippen LogP contribution in [0.1, 0.15) is 18.1 Å². The topological polar surface area (TPSA) is 26.0 Å². The van der Waals surface area contributed by atoms with Crippen LogP contribution in [0.3, 0.4) is 0 Å². The second-order valence-electron chi connectivity index (χ2n) is 3.92. The van der Waals surface area contributed by atoms with E-state index in [1.165, 1.54) is 6.07 Å². The predicted molar refractivity (Wildman–Crippen MR) is 53.7 cm³/mol. The Bertz CT molecular complexity index is 384. The first kappa shape index (κ1) is 13.9. The van der Waals surface area contributed by atoms with Gasteiger partial charge in [0.15, 0.2) is 0 Å². The van der Waals surface area contributed by atoms with Crippen LogP contribution in [-0.2, 0) is 12.6 Å². The molecule has 0 aliphatic heterocycles. The predicted octanol–water partition coefficient (Wildman–Crippen LogP) is 3.23. The van der Waals surface area contributed by atoms with Crippen molar-refractivity contribution in [1.29, 1.82) is 0 Å². The van der Waals surface area contributed by atoms with Crippen molar-refractivity contribution in [2.45, 2.75) is 31.5 Å². The van der Waals surface area contributed by atoms with Crippen LogP contribution in [0.5, 0.6) is 0 Å². The first-order valence-corrected chi connectivity index (χ1v) is 4.92. The summed E-state index contributed by atoms with van der Waals surface area (Å²) in [4.78, 5) is 0. The standard InChI is InChI=1S/C11H12F5N/c1-7(17)10(12,13)6-8-3-2-4-9(5-8)11(14,15)16/h2-5,7H,6,17H2,1H3. The first-order chi connectivity index (χ1) is 7.63. The summed E-state index contributed by atoms with van der Waals surface area (Å²) in [5, 5.41) is 0. The second kappa shape index (κ2) is 4.60. The van der Waals surface area contributed by atoms with E-state index in [2.05, 4.69) is 0 Å². The van der Waals surface area contributed by atoms with E-state index in [1.54, 1.807) is 0 Å². The van der Waals surface area contributed by atoms with Crippen molar-refractivity contribution in [2.24, 2.45) is 5.73 Å². The van der Waals surface area contributed by atoms with E-state index in [-0.39, 0.29) is 5.56 Å². The van der Waals surface area contributed by atoms with Crippen molar-refractivity contribution in [3.05, 3.63) is 35.4 Å². The molecule has 0 aliphatic carbocycles. The summed E-state index contributed by atoms with van der Waals surface area (Å²) >= 11 is 0. The summed E-state index contributed by atoms with van der Waals surface area (Å²) in [6, 6.07) is 2.49.